The Hall–Kier alpha value is -3.47. The molecule has 1 saturated heterocycles. The first-order valence-electron chi connectivity index (χ1n) is 9.12. The second kappa shape index (κ2) is 7.99. The molecular formula is C18H21N5O8. The van der Waals surface area contributed by atoms with E-state index in [1.54, 1.807) is 20.8 Å². The predicted molar refractivity (Wildman–Crippen MR) is 101 cm³/mol. The van der Waals surface area contributed by atoms with Crippen LogP contribution in [0.15, 0.2) is 18.5 Å². The Bertz CT molecular complexity index is 1040. The van der Waals surface area contributed by atoms with Gasteiger partial charge in [0.2, 0.25) is 5.60 Å². The van der Waals surface area contributed by atoms with E-state index >= 15 is 0 Å². The Labute approximate surface area is 175 Å². The fourth-order valence-corrected chi connectivity index (χ4v) is 3.18. The molecule has 1 aliphatic rings. The van der Waals surface area contributed by atoms with Gasteiger partial charge in [-0.3, -0.25) is 5.32 Å². The molecule has 1 amide bonds. The molecule has 4 N–H and O–H groups in total. The fourth-order valence-electron chi connectivity index (χ4n) is 3.18. The summed E-state index contributed by atoms with van der Waals surface area (Å²) in [7, 11) is 0. The highest BCUT2D eigenvalue weighted by Gasteiger charge is 2.57. The van der Waals surface area contributed by atoms with Crippen molar-refractivity contribution >= 4 is 23.6 Å². The Kier molecular flexibility index (Phi) is 5.72. The first-order chi connectivity index (χ1) is 14.5. The molecule has 2 aromatic heterocycles. The van der Waals surface area contributed by atoms with Crippen LogP contribution in [-0.4, -0.2) is 72.7 Å². The summed E-state index contributed by atoms with van der Waals surface area (Å²) in [5.41, 5.74) is -2.54. The van der Waals surface area contributed by atoms with E-state index in [4.69, 9.17) is 14.6 Å². The quantitative estimate of drug-likeness (QED) is 0.492. The molecule has 2 aromatic rings. The predicted octanol–water partition coefficient (Wildman–Crippen LogP) is 0.610. The van der Waals surface area contributed by atoms with Crippen molar-refractivity contribution < 1.29 is 39.1 Å². The van der Waals surface area contributed by atoms with Crippen LogP contribution in [0.1, 0.15) is 26.5 Å². The van der Waals surface area contributed by atoms with Gasteiger partial charge in [0.25, 0.3) is 0 Å². The smallest absolute Gasteiger partial charge is 0.450 e. The van der Waals surface area contributed by atoms with Crippen LogP contribution in [0.3, 0.4) is 0 Å². The van der Waals surface area contributed by atoms with E-state index in [0.717, 1.165) is 6.33 Å². The summed E-state index contributed by atoms with van der Waals surface area (Å²) in [4.78, 5) is 26.7. The molecule has 166 valence electrons. The fraction of sp³-hybridized carbons (Fsp3) is 0.500. The van der Waals surface area contributed by atoms with Gasteiger partial charge in [0.05, 0.1) is 5.69 Å². The van der Waals surface area contributed by atoms with Gasteiger partial charge < -0.3 is 29.5 Å². The van der Waals surface area contributed by atoms with Crippen molar-refractivity contribution in [2.75, 3.05) is 11.9 Å². The van der Waals surface area contributed by atoms with Gasteiger partial charge in [-0.2, -0.15) is 10.4 Å². The van der Waals surface area contributed by atoms with Crippen LogP contribution in [0, 0.1) is 11.3 Å². The van der Waals surface area contributed by atoms with E-state index in [1.165, 1.54) is 16.6 Å². The lowest BCUT2D eigenvalue weighted by Crippen LogP contribution is -2.41. The van der Waals surface area contributed by atoms with Crippen molar-refractivity contribution in [2.24, 2.45) is 0 Å². The minimum absolute atomic E-state index is 0.0315. The number of carbonyl (C=O) groups excluding carboxylic acids is 1. The standard InChI is InChI=1S/C18H21N5O8/c1-17(2,3)31-15(26)22-14-9-4-5-11(23(9)21-8-20-14)18(7-19)13(25)12(24)10(30-18)6-29-16(27)28/h4-5,8,10,12-13,24-25H,6H2,1-3H3,(H,27,28)(H,20,21,22,26)/t10-,12-,13-,18+/m1/s1. The maximum atomic E-state index is 12.1. The summed E-state index contributed by atoms with van der Waals surface area (Å²) < 4.78 is 16.4. The number of nitrogens with zero attached hydrogens (tertiary/aromatic N) is 4. The van der Waals surface area contributed by atoms with E-state index in [9.17, 15) is 25.1 Å². The SMILES string of the molecule is CC(C)(C)OC(=O)Nc1ncnn2c([C@]3(C#N)O[C@H](COC(=O)O)[C@@H](O)[C@H]3O)ccc12. The molecule has 1 aliphatic heterocycles. The number of carbonyl (C=O) groups is 2. The van der Waals surface area contributed by atoms with Gasteiger partial charge in [-0.05, 0) is 32.9 Å². The van der Waals surface area contributed by atoms with Crippen molar-refractivity contribution in [3.8, 4) is 6.07 Å². The number of hydrogen-bond acceptors (Lipinski definition) is 10. The number of aliphatic hydroxyl groups excluding tert-OH is 2. The van der Waals surface area contributed by atoms with Crippen LogP contribution in [0.2, 0.25) is 0 Å². The molecule has 0 unspecified atom stereocenters. The molecule has 4 atom stereocenters. The highest BCUT2D eigenvalue weighted by molar-refractivity contribution is 5.89. The van der Waals surface area contributed by atoms with E-state index < -0.39 is 48.4 Å². The average molecular weight is 435 g/mol. The number of anilines is 1. The number of fused-ring (bicyclic) bond motifs is 1. The van der Waals surface area contributed by atoms with Crippen molar-refractivity contribution in [3.05, 3.63) is 24.2 Å². The highest BCUT2D eigenvalue weighted by atomic mass is 16.7. The molecule has 0 spiro atoms. The number of ether oxygens (including phenoxy) is 3. The van der Waals surface area contributed by atoms with Gasteiger partial charge in [-0.15, -0.1) is 0 Å². The molecule has 1 fully saturated rings. The number of nitrogens with one attached hydrogen (secondary N) is 1. The minimum Gasteiger partial charge on any atom is -0.450 e. The molecule has 13 nitrogen and oxygen atoms in total. The number of amides is 1. The van der Waals surface area contributed by atoms with Crippen molar-refractivity contribution in [3.63, 3.8) is 0 Å². The van der Waals surface area contributed by atoms with E-state index in [2.05, 4.69) is 20.1 Å². The van der Waals surface area contributed by atoms with E-state index in [-0.39, 0.29) is 17.0 Å². The maximum absolute atomic E-state index is 12.1. The number of hydrogen-bond donors (Lipinski definition) is 4. The summed E-state index contributed by atoms with van der Waals surface area (Å²) in [6, 6.07) is 4.72. The zero-order valence-corrected chi connectivity index (χ0v) is 16.8. The monoisotopic (exact) mass is 435 g/mol. The molecule has 0 radical (unpaired) electrons. The van der Waals surface area contributed by atoms with E-state index in [1.807, 2.05) is 6.07 Å². The number of aliphatic hydroxyl groups is 2. The molecule has 0 aromatic carbocycles. The second-order valence-electron chi connectivity index (χ2n) is 7.77. The third-order valence-corrected chi connectivity index (χ3v) is 4.45. The maximum Gasteiger partial charge on any atom is 0.505 e. The summed E-state index contributed by atoms with van der Waals surface area (Å²) in [6.45, 7) is 4.50. The van der Waals surface area contributed by atoms with Gasteiger partial charge in [0.1, 0.15) is 48.4 Å². The van der Waals surface area contributed by atoms with Gasteiger partial charge in [0, 0.05) is 0 Å². The topological polar surface area (TPSA) is 189 Å². The van der Waals surface area contributed by atoms with Crippen molar-refractivity contribution in [1.82, 2.24) is 14.6 Å². The Morgan fingerprint density at radius 3 is 2.71 bits per heavy atom. The first-order valence-corrected chi connectivity index (χ1v) is 9.12. The number of nitriles is 1. The normalized spacial score (nSPS) is 25.7. The van der Waals surface area contributed by atoms with Crippen molar-refractivity contribution in [2.45, 2.75) is 50.3 Å². The molecule has 13 heteroatoms. The van der Waals surface area contributed by atoms with Gasteiger partial charge >= 0.3 is 12.2 Å². The third-order valence-electron chi connectivity index (χ3n) is 4.45. The summed E-state index contributed by atoms with van der Waals surface area (Å²) in [5.74, 6) is 0.0717. The van der Waals surface area contributed by atoms with Crippen LogP contribution in [0.25, 0.3) is 5.52 Å². The molecule has 3 rings (SSSR count). The van der Waals surface area contributed by atoms with Crippen LogP contribution >= 0.6 is 0 Å². The van der Waals surface area contributed by atoms with Crippen molar-refractivity contribution in [1.29, 1.82) is 5.26 Å². The summed E-state index contributed by atoms with van der Waals surface area (Å²) >= 11 is 0. The Morgan fingerprint density at radius 2 is 2.10 bits per heavy atom. The lowest BCUT2D eigenvalue weighted by atomic mass is 9.92. The molecule has 3 heterocycles. The van der Waals surface area contributed by atoms with Crippen LogP contribution in [-0.2, 0) is 19.8 Å². The molecule has 0 aliphatic carbocycles. The number of carboxylic acid groups (broad SMARTS) is 1. The van der Waals surface area contributed by atoms with Gasteiger partial charge in [-0.1, -0.05) is 0 Å². The first kappa shape index (κ1) is 22.2. The molecule has 0 saturated carbocycles. The van der Waals surface area contributed by atoms with E-state index in [0.29, 0.717) is 0 Å². The molecule has 0 bridgehead atoms. The summed E-state index contributed by atoms with van der Waals surface area (Å²) in [6.07, 6.45) is -5.89. The van der Waals surface area contributed by atoms with Crippen LogP contribution < -0.4 is 5.32 Å². The van der Waals surface area contributed by atoms with Gasteiger partial charge in [0.15, 0.2) is 5.82 Å². The molecule has 31 heavy (non-hydrogen) atoms. The second-order valence-corrected chi connectivity index (χ2v) is 7.77. The Balaban J connectivity index is 1.96. The zero-order valence-electron chi connectivity index (χ0n) is 16.8. The van der Waals surface area contributed by atoms with Gasteiger partial charge in [-0.25, -0.2) is 19.1 Å². The van der Waals surface area contributed by atoms with Crippen LogP contribution in [0.5, 0.6) is 0 Å². The largest absolute Gasteiger partial charge is 0.505 e. The van der Waals surface area contributed by atoms with Crippen LogP contribution in [0.4, 0.5) is 15.4 Å². The number of rotatable bonds is 4. The number of aromatic nitrogens is 3. The molecular weight excluding hydrogens is 414 g/mol. The lowest BCUT2D eigenvalue weighted by Gasteiger charge is -2.24. The average Bonchev–Trinajstić information content (AvgIpc) is 3.20. The zero-order chi connectivity index (χ0) is 23.0. The lowest BCUT2D eigenvalue weighted by molar-refractivity contribution is -0.0695. The highest BCUT2D eigenvalue weighted by Crippen LogP contribution is 2.40. The third kappa shape index (κ3) is 4.22. The summed E-state index contributed by atoms with van der Waals surface area (Å²) in [5, 5.41) is 45.9. The minimum atomic E-state index is -2.09. The Morgan fingerprint density at radius 1 is 1.39 bits per heavy atom.